The zero-order chi connectivity index (χ0) is 13.2. The summed E-state index contributed by atoms with van der Waals surface area (Å²) >= 11 is 0. The van der Waals surface area contributed by atoms with Gasteiger partial charge in [0.2, 0.25) is 0 Å². The molecule has 0 aromatic carbocycles. The molecule has 18 heavy (non-hydrogen) atoms. The highest BCUT2D eigenvalue weighted by Gasteiger charge is 2.44. The first-order chi connectivity index (χ1) is 8.56. The lowest BCUT2D eigenvalue weighted by molar-refractivity contribution is 0.0854. The van der Waals surface area contributed by atoms with Crippen molar-refractivity contribution in [2.45, 2.75) is 52.1 Å². The second-order valence-electron chi connectivity index (χ2n) is 6.78. The van der Waals surface area contributed by atoms with Crippen LogP contribution in [0.4, 0.5) is 0 Å². The number of hydrogen-bond donors (Lipinski definition) is 1. The SMILES string of the molecule is COCCC1(CN2CC(C(C)C)NCC2C)CC1. The number of piperazine rings is 1. The van der Waals surface area contributed by atoms with E-state index >= 15 is 0 Å². The van der Waals surface area contributed by atoms with Gasteiger partial charge in [0.05, 0.1) is 0 Å². The zero-order valence-electron chi connectivity index (χ0n) is 12.5. The lowest BCUT2D eigenvalue weighted by Crippen LogP contribution is -2.58. The van der Waals surface area contributed by atoms with E-state index in [1.807, 2.05) is 7.11 Å². The number of rotatable bonds is 6. The predicted molar refractivity (Wildman–Crippen MR) is 75.8 cm³/mol. The Labute approximate surface area is 112 Å². The van der Waals surface area contributed by atoms with Gasteiger partial charge in [-0.25, -0.2) is 0 Å². The molecule has 1 saturated heterocycles. The van der Waals surface area contributed by atoms with Crippen LogP contribution in [-0.4, -0.2) is 50.3 Å². The van der Waals surface area contributed by atoms with Gasteiger partial charge in [0, 0.05) is 45.4 Å². The number of ether oxygens (including phenoxy) is 1. The lowest BCUT2D eigenvalue weighted by atomic mass is 9.96. The first-order valence-corrected chi connectivity index (χ1v) is 7.53. The molecule has 1 aliphatic carbocycles. The fourth-order valence-corrected chi connectivity index (χ4v) is 3.03. The molecule has 3 heteroatoms. The van der Waals surface area contributed by atoms with E-state index < -0.39 is 0 Å². The zero-order valence-corrected chi connectivity index (χ0v) is 12.5. The maximum Gasteiger partial charge on any atom is 0.0468 e. The molecule has 2 atom stereocenters. The summed E-state index contributed by atoms with van der Waals surface area (Å²) in [7, 11) is 1.82. The van der Waals surface area contributed by atoms with Gasteiger partial charge < -0.3 is 10.1 Å². The number of nitrogens with zero attached hydrogens (tertiary/aromatic N) is 1. The van der Waals surface area contributed by atoms with Gasteiger partial charge in [-0.15, -0.1) is 0 Å². The van der Waals surface area contributed by atoms with Gasteiger partial charge in [0.25, 0.3) is 0 Å². The van der Waals surface area contributed by atoms with E-state index in [4.69, 9.17) is 4.74 Å². The van der Waals surface area contributed by atoms with Crippen LogP contribution in [0.1, 0.15) is 40.0 Å². The highest BCUT2D eigenvalue weighted by atomic mass is 16.5. The van der Waals surface area contributed by atoms with Gasteiger partial charge in [-0.2, -0.15) is 0 Å². The summed E-state index contributed by atoms with van der Waals surface area (Å²) in [5.74, 6) is 0.731. The first kappa shape index (κ1) is 14.3. The van der Waals surface area contributed by atoms with Crippen molar-refractivity contribution in [3.8, 4) is 0 Å². The number of hydrogen-bond acceptors (Lipinski definition) is 3. The maximum absolute atomic E-state index is 5.26. The van der Waals surface area contributed by atoms with Crippen LogP contribution in [0.5, 0.6) is 0 Å². The molecular weight excluding hydrogens is 224 g/mol. The summed E-state index contributed by atoms with van der Waals surface area (Å²) in [5.41, 5.74) is 0.586. The van der Waals surface area contributed by atoms with Crippen LogP contribution in [0.2, 0.25) is 0 Å². The summed E-state index contributed by atoms with van der Waals surface area (Å²) in [6.45, 7) is 11.6. The third-order valence-corrected chi connectivity index (χ3v) is 4.87. The standard InChI is InChI=1S/C15H30N2O/c1-12(2)14-10-17(13(3)9-16-14)11-15(5-6-15)7-8-18-4/h12-14,16H,5-11H2,1-4H3. The van der Waals surface area contributed by atoms with E-state index in [1.165, 1.54) is 32.4 Å². The molecule has 0 radical (unpaired) electrons. The Hall–Kier alpha value is -0.120. The summed E-state index contributed by atoms with van der Waals surface area (Å²) in [5, 5.41) is 3.68. The molecule has 1 aliphatic heterocycles. The van der Waals surface area contributed by atoms with Gasteiger partial charge in [0.1, 0.15) is 0 Å². The van der Waals surface area contributed by atoms with Crippen LogP contribution in [-0.2, 0) is 4.74 Å². The Morgan fingerprint density at radius 1 is 1.39 bits per heavy atom. The molecule has 0 aromatic heterocycles. The summed E-state index contributed by atoms with van der Waals surface area (Å²) in [4.78, 5) is 2.71. The van der Waals surface area contributed by atoms with Gasteiger partial charge in [-0.1, -0.05) is 13.8 Å². The topological polar surface area (TPSA) is 24.5 Å². The van der Waals surface area contributed by atoms with Crippen LogP contribution in [0.25, 0.3) is 0 Å². The molecular formula is C15H30N2O. The van der Waals surface area contributed by atoms with Crippen LogP contribution in [0.3, 0.4) is 0 Å². The normalized spacial score (nSPS) is 31.8. The molecule has 2 unspecified atom stereocenters. The third kappa shape index (κ3) is 3.46. The molecule has 2 rings (SSSR count). The van der Waals surface area contributed by atoms with E-state index in [9.17, 15) is 0 Å². The predicted octanol–water partition coefficient (Wildman–Crippen LogP) is 2.12. The largest absolute Gasteiger partial charge is 0.385 e. The van der Waals surface area contributed by atoms with Crippen LogP contribution in [0, 0.1) is 11.3 Å². The lowest BCUT2D eigenvalue weighted by Gasteiger charge is -2.42. The molecule has 3 nitrogen and oxygen atoms in total. The molecule has 0 bridgehead atoms. The maximum atomic E-state index is 5.26. The molecule has 0 amide bonds. The van der Waals surface area contributed by atoms with Crippen molar-refractivity contribution in [1.29, 1.82) is 0 Å². The minimum absolute atomic E-state index is 0.586. The molecule has 1 heterocycles. The second kappa shape index (κ2) is 5.89. The minimum Gasteiger partial charge on any atom is -0.385 e. The van der Waals surface area contributed by atoms with E-state index in [0.29, 0.717) is 17.5 Å². The third-order valence-electron chi connectivity index (χ3n) is 4.87. The van der Waals surface area contributed by atoms with E-state index in [1.54, 1.807) is 0 Å². The molecule has 1 saturated carbocycles. The summed E-state index contributed by atoms with van der Waals surface area (Å²) in [6.07, 6.45) is 4.05. The van der Waals surface area contributed by atoms with E-state index in [2.05, 4.69) is 31.0 Å². The van der Waals surface area contributed by atoms with Crippen molar-refractivity contribution < 1.29 is 4.74 Å². The second-order valence-corrected chi connectivity index (χ2v) is 6.78. The number of nitrogens with one attached hydrogen (secondary N) is 1. The molecule has 2 aliphatic rings. The molecule has 106 valence electrons. The van der Waals surface area contributed by atoms with Gasteiger partial charge in [-0.05, 0) is 37.5 Å². The average Bonchev–Trinajstić information content (AvgIpc) is 3.09. The minimum atomic E-state index is 0.586. The fourth-order valence-electron chi connectivity index (χ4n) is 3.03. The van der Waals surface area contributed by atoms with Crippen molar-refractivity contribution in [2.75, 3.05) is 33.4 Å². The summed E-state index contributed by atoms with van der Waals surface area (Å²) in [6, 6.07) is 1.35. The van der Waals surface area contributed by atoms with Gasteiger partial charge in [-0.3, -0.25) is 4.90 Å². The Morgan fingerprint density at radius 3 is 2.67 bits per heavy atom. The first-order valence-electron chi connectivity index (χ1n) is 7.53. The Kier molecular flexibility index (Phi) is 4.68. The van der Waals surface area contributed by atoms with Crippen molar-refractivity contribution in [3.63, 3.8) is 0 Å². The molecule has 0 aromatic rings. The fraction of sp³-hybridized carbons (Fsp3) is 1.00. The highest BCUT2D eigenvalue weighted by Crippen LogP contribution is 2.49. The molecule has 2 fully saturated rings. The monoisotopic (exact) mass is 254 g/mol. The Balaban J connectivity index is 1.86. The van der Waals surface area contributed by atoms with Gasteiger partial charge >= 0.3 is 0 Å². The van der Waals surface area contributed by atoms with E-state index in [0.717, 1.165) is 19.1 Å². The van der Waals surface area contributed by atoms with Crippen LogP contribution >= 0.6 is 0 Å². The van der Waals surface area contributed by atoms with Crippen molar-refractivity contribution in [2.24, 2.45) is 11.3 Å². The van der Waals surface area contributed by atoms with Crippen molar-refractivity contribution >= 4 is 0 Å². The number of methoxy groups -OCH3 is 1. The highest BCUT2D eigenvalue weighted by molar-refractivity contribution is 4.98. The van der Waals surface area contributed by atoms with Crippen molar-refractivity contribution in [1.82, 2.24) is 10.2 Å². The molecule has 1 N–H and O–H groups in total. The van der Waals surface area contributed by atoms with Crippen LogP contribution in [0.15, 0.2) is 0 Å². The smallest absolute Gasteiger partial charge is 0.0468 e. The van der Waals surface area contributed by atoms with Gasteiger partial charge in [0.15, 0.2) is 0 Å². The van der Waals surface area contributed by atoms with Crippen molar-refractivity contribution in [3.05, 3.63) is 0 Å². The Bertz CT molecular complexity index is 263. The quantitative estimate of drug-likeness (QED) is 0.786. The Morgan fingerprint density at radius 2 is 2.11 bits per heavy atom. The average molecular weight is 254 g/mol. The summed E-state index contributed by atoms with van der Waals surface area (Å²) < 4.78 is 5.26. The van der Waals surface area contributed by atoms with E-state index in [-0.39, 0.29) is 0 Å². The van der Waals surface area contributed by atoms with Crippen LogP contribution < -0.4 is 5.32 Å². The molecule has 0 spiro atoms.